The quantitative estimate of drug-likeness (QED) is 0.831. The number of anilines is 1. The highest BCUT2D eigenvalue weighted by molar-refractivity contribution is 5.99. The van der Waals surface area contributed by atoms with Gasteiger partial charge in [0.05, 0.1) is 5.56 Å². The van der Waals surface area contributed by atoms with Crippen LogP contribution in [-0.2, 0) is 0 Å². The van der Waals surface area contributed by atoms with Crippen LogP contribution in [0.15, 0.2) is 18.3 Å². The van der Waals surface area contributed by atoms with Gasteiger partial charge in [-0.25, -0.2) is 4.98 Å². The highest BCUT2D eigenvalue weighted by atomic mass is 16.2. The Morgan fingerprint density at radius 2 is 1.90 bits per heavy atom. The highest BCUT2D eigenvalue weighted by Gasteiger charge is 2.26. The van der Waals surface area contributed by atoms with Crippen molar-refractivity contribution >= 4 is 11.7 Å². The van der Waals surface area contributed by atoms with E-state index in [-0.39, 0.29) is 5.91 Å². The summed E-state index contributed by atoms with van der Waals surface area (Å²) in [6, 6.07) is 3.81. The number of rotatable bonds is 2. The van der Waals surface area contributed by atoms with E-state index >= 15 is 0 Å². The minimum atomic E-state index is 0.157. The molecule has 4 nitrogen and oxygen atoms in total. The van der Waals surface area contributed by atoms with Gasteiger partial charge < -0.3 is 9.80 Å². The third kappa shape index (κ3) is 2.65. The summed E-state index contributed by atoms with van der Waals surface area (Å²) in [5.74, 6) is 1.83. The van der Waals surface area contributed by atoms with Crippen molar-refractivity contribution in [1.82, 2.24) is 9.88 Å². The topological polar surface area (TPSA) is 36.4 Å². The van der Waals surface area contributed by atoms with Crippen LogP contribution in [0, 0.1) is 5.92 Å². The number of hydrogen-bond donors (Lipinski definition) is 0. The van der Waals surface area contributed by atoms with E-state index in [4.69, 9.17) is 0 Å². The number of nitrogens with zero attached hydrogens (tertiary/aromatic N) is 3. The van der Waals surface area contributed by atoms with Gasteiger partial charge in [-0.2, -0.15) is 0 Å². The van der Waals surface area contributed by atoms with Gasteiger partial charge in [0.15, 0.2) is 0 Å². The Labute approximate surface area is 120 Å². The summed E-state index contributed by atoms with van der Waals surface area (Å²) in [6.45, 7) is 6.11. The molecule has 1 aromatic rings. The molecule has 2 saturated heterocycles. The number of amides is 1. The lowest BCUT2D eigenvalue weighted by Crippen LogP contribution is -2.36. The van der Waals surface area contributed by atoms with Crippen molar-refractivity contribution in [2.75, 3.05) is 31.1 Å². The van der Waals surface area contributed by atoms with Gasteiger partial charge in [-0.3, -0.25) is 4.79 Å². The van der Waals surface area contributed by atoms with Crippen LogP contribution in [0.1, 0.15) is 43.0 Å². The molecule has 3 heterocycles. The first-order valence-corrected chi connectivity index (χ1v) is 7.75. The van der Waals surface area contributed by atoms with Gasteiger partial charge >= 0.3 is 0 Å². The van der Waals surface area contributed by atoms with Crippen molar-refractivity contribution in [3.8, 4) is 0 Å². The predicted molar refractivity (Wildman–Crippen MR) is 80.0 cm³/mol. The number of carbonyl (C=O) groups excluding carboxylic acids is 1. The Hall–Kier alpha value is -1.58. The van der Waals surface area contributed by atoms with Crippen LogP contribution < -0.4 is 4.90 Å². The fourth-order valence-corrected chi connectivity index (χ4v) is 3.13. The molecule has 2 aliphatic heterocycles. The molecule has 0 saturated carbocycles. The first-order chi connectivity index (χ1) is 9.75. The van der Waals surface area contributed by atoms with Crippen LogP contribution in [-0.4, -0.2) is 42.0 Å². The van der Waals surface area contributed by atoms with Gasteiger partial charge in [-0.15, -0.1) is 0 Å². The summed E-state index contributed by atoms with van der Waals surface area (Å²) >= 11 is 0. The average Bonchev–Trinajstić information content (AvgIpc) is 3.02. The van der Waals surface area contributed by atoms with E-state index in [1.165, 1.54) is 12.8 Å². The lowest BCUT2D eigenvalue weighted by Gasteiger charge is -2.32. The molecule has 108 valence electrons. The maximum absolute atomic E-state index is 12.6. The van der Waals surface area contributed by atoms with Crippen molar-refractivity contribution in [3.05, 3.63) is 23.9 Å². The Morgan fingerprint density at radius 3 is 2.60 bits per heavy atom. The molecule has 0 aliphatic carbocycles. The second-order valence-electron chi connectivity index (χ2n) is 6.04. The molecule has 0 unspecified atom stereocenters. The first-order valence-electron chi connectivity index (χ1n) is 7.75. The van der Waals surface area contributed by atoms with Crippen molar-refractivity contribution in [1.29, 1.82) is 0 Å². The number of likely N-dealkylation sites (tertiary alicyclic amines) is 1. The van der Waals surface area contributed by atoms with Crippen molar-refractivity contribution in [2.24, 2.45) is 5.92 Å². The Balaban J connectivity index is 1.82. The van der Waals surface area contributed by atoms with Gasteiger partial charge in [-0.05, 0) is 43.7 Å². The minimum Gasteiger partial charge on any atom is -0.356 e. The highest BCUT2D eigenvalue weighted by Crippen LogP contribution is 2.25. The van der Waals surface area contributed by atoms with Gasteiger partial charge in [0.25, 0.3) is 5.91 Å². The lowest BCUT2D eigenvalue weighted by molar-refractivity contribution is 0.0793. The van der Waals surface area contributed by atoms with E-state index < -0.39 is 0 Å². The molecule has 2 fully saturated rings. The monoisotopic (exact) mass is 273 g/mol. The Bertz CT molecular complexity index is 474. The second kappa shape index (κ2) is 5.81. The van der Waals surface area contributed by atoms with Gasteiger partial charge in [0.1, 0.15) is 5.82 Å². The van der Waals surface area contributed by atoms with Gasteiger partial charge in [0.2, 0.25) is 0 Å². The van der Waals surface area contributed by atoms with Crippen molar-refractivity contribution in [2.45, 2.75) is 32.6 Å². The largest absolute Gasteiger partial charge is 0.356 e. The SMILES string of the molecule is CC1CCN(c2ncccc2C(=O)N2CCCC2)CC1. The molecule has 1 amide bonds. The van der Waals surface area contributed by atoms with E-state index in [2.05, 4.69) is 16.8 Å². The van der Waals surface area contributed by atoms with Crippen LogP contribution in [0.4, 0.5) is 5.82 Å². The smallest absolute Gasteiger partial charge is 0.257 e. The summed E-state index contributed by atoms with van der Waals surface area (Å²) in [7, 11) is 0. The predicted octanol–water partition coefficient (Wildman–Crippen LogP) is 2.55. The fourth-order valence-electron chi connectivity index (χ4n) is 3.13. The van der Waals surface area contributed by atoms with Crippen LogP contribution in [0.2, 0.25) is 0 Å². The van der Waals surface area contributed by atoms with Crippen LogP contribution in [0.5, 0.6) is 0 Å². The molecule has 20 heavy (non-hydrogen) atoms. The summed E-state index contributed by atoms with van der Waals surface area (Å²) in [6.07, 6.45) is 6.43. The van der Waals surface area contributed by atoms with Crippen molar-refractivity contribution < 1.29 is 4.79 Å². The molecule has 4 heteroatoms. The molecule has 0 spiro atoms. The van der Waals surface area contributed by atoms with E-state index in [9.17, 15) is 4.79 Å². The molecule has 0 N–H and O–H groups in total. The summed E-state index contributed by atoms with van der Waals surface area (Å²) in [4.78, 5) is 21.4. The zero-order valence-corrected chi connectivity index (χ0v) is 12.2. The zero-order chi connectivity index (χ0) is 13.9. The third-order valence-electron chi connectivity index (χ3n) is 4.49. The molecule has 3 rings (SSSR count). The molecule has 0 radical (unpaired) electrons. The number of hydrogen-bond acceptors (Lipinski definition) is 3. The molecule has 0 aromatic carbocycles. The van der Waals surface area contributed by atoms with E-state index in [0.29, 0.717) is 0 Å². The summed E-state index contributed by atoms with van der Waals surface area (Å²) in [5, 5.41) is 0. The Morgan fingerprint density at radius 1 is 1.20 bits per heavy atom. The standard InChI is InChI=1S/C16H23N3O/c1-13-6-11-18(12-7-13)15-14(5-4-8-17-15)16(20)19-9-2-3-10-19/h4-5,8,13H,2-3,6-7,9-12H2,1H3. The molecular weight excluding hydrogens is 250 g/mol. The van der Waals surface area contributed by atoms with Gasteiger partial charge in [-0.1, -0.05) is 6.92 Å². The van der Waals surface area contributed by atoms with E-state index in [1.54, 1.807) is 6.20 Å². The van der Waals surface area contributed by atoms with Crippen LogP contribution >= 0.6 is 0 Å². The van der Waals surface area contributed by atoms with Crippen LogP contribution in [0.25, 0.3) is 0 Å². The van der Waals surface area contributed by atoms with Crippen LogP contribution in [0.3, 0.4) is 0 Å². The van der Waals surface area contributed by atoms with E-state index in [0.717, 1.165) is 56.3 Å². The normalized spacial score (nSPS) is 20.4. The van der Waals surface area contributed by atoms with E-state index in [1.807, 2.05) is 17.0 Å². The first kappa shape index (κ1) is 13.4. The number of aromatic nitrogens is 1. The zero-order valence-electron chi connectivity index (χ0n) is 12.2. The molecule has 2 aliphatic rings. The number of carbonyl (C=O) groups is 1. The molecule has 0 atom stereocenters. The fraction of sp³-hybridized carbons (Fsp3) is 0.625. The molecular formula is C16H23N3O. The molecule has 1 aromatic heterocycles. The van der Waals surface area contributed by atoms with Crippen molar-refractivity contribution in [3.63, 3.8) is 0 Å². The van der Waals surface area contributed by atoms with Gasteiger partial charge in [0, 0.05) is 32.4 Å². The Kier molecular flexibility index (Phi) is 3.90. The second-order valence-corrected chi connectivity index (χ2v) is 6.04. The minimum absolute atomic E-state index is 0.157. The summed E-state index contributed by atoms with van der Waals surface area (Å²) < 4.78 is 0. The third-order valence-corrected chi connectivity index (χ3v) is 4.49. The maximum Gasteiger partial charge on any atom is 0.257 e. The summed E-state index contributed by atoms with van der Waals surface area (Å²) in [5.41, 5.74) is 0.781. The lowest BCUT2D eigenvalue weighted by atomic mass is 9.99. The average molecular weight is 273 g/mol. The number of pyridine rings is 1. The number of piperidine rings is 1. The molecule has 0 bridgehead atoms. The maximum atomic E-state index is 12.6.